The van der Waals surface area contributed by atoms with Crippen LogP contribution in [0.5, 0.6) is 0 Å². The van der Waals surface area contributed by atoms with Gasteiger partial charge in [0.25, 0.3) is 0 Å². The summed E-state index contributed by atoms with van der Waals surface area (Å²) in [6.07, 6.45) is 0.0887. The molecule has 2 heterocycles. The number of anilines is 1. The number of aromatic carboxylic acids is 1. The molecule has 4 rings (SSSR count). The minimum Gasteiger partial charge on any atom is -0.478 e. The number of carboxylic acid groups (broad SMARTS) is 1. The van der Waals surface area contributed by atoms with Crippen molar-refractivity contribution in [2.75, 3.05) is 38.5 Å². The minimum absolute atomic E-state index is 0.0667. The van der Waals surface area contributed by atoms with Gasteiger partial charge in [0.1, 0.15) is 5.01 Å². The average Bonchev–Trinajstić information content (AvgIpc) is 3.24. The highest BCUT2D eigenvalue weighted by atomic mass is 32.1. The highest BCUT2D eigenvalue weighted by molar-refractivity contribution is 7.13. The van der Waals surface area contributed by atoms with E-state index in [0.717, 1.165) is 43.3 Å². The van der Waals surface area contributed by atoms with Gasteiger partial charge in [0.2, 0.25) is 5.91 Å². The van der Waals surface area contributed by atoms with E-state index >= 15 is 0 Å². The van der Waals surface area contributed by atoms with Crippen molar-refractivity contribution in [3.8, 4) is 10.6 Å². The molecule has 0 bridgehead atoms. The standard InChI is InChI=1S/C24H26N4O3S/c1-27-9-11-28(12-10-27)15-17-5-4-6-18(13-17)23-25-19(16-32-23)14-22(29)26-21-8-3-2-7-20(21)24(30)31/h2-8,13,16H,9-12,14-15H2,1H3,(H,26,29)(H,30,31). The summed E-state index contributed by atoms with van der Waals surface area (Å²) >= 11 is 1.51. The molecule has 0 saturated carbocycles. The van der Waals surface area contributed by atoms with Crippen molar-refractivity contribution in [2.24, 2.45) is 0 Å². The van der Waals surface area contributed by atoms with Crippen LogP contribution in [0.25, 0.3) is 10.6 Å². The van der Waals surface area contributed by atoms with Crippen molar-refractivity contribution in [3.05, 3.63) is 70.7 Å². The van der Waals surface area contributed by atoms with E-state index in [1.165, 1.54) is 23.0 Å². The Morgan fingerprint density at radius 2 is 1.88 bits per heavy atom. The van der Waals surface area contributed by atoms with E-state index in [-0.39, 0.29) is 23.6 Å². The number of benzene rings is 2. The number of nitrogens with zero attached hydrogens (tertiary/aromatic N) is 3. The maximum atomic E-state index is 12.5. The van der Waals surface area contributed by atoms with Gasteiger partial charge >= 0.3 is 5.97 Å². The number of amides is 1. The van der Waals surface area contributed by atoms with Crippen LogP contribution in [0, 0.1) is 0 Å². The topological polar surface area (TPSA) is 85.8 Å². The minimum atomic E-state index is -1.08. The van der Waals surface area contributed by atoms with Gasteiger partial charge in [-0.1, -0.05) is 30.3 Å². The van der Waals surface area contributed by atoms with Crippen molar-refractivity contribution in [1.29, 1.82) is 0 Å². The smallest absolute Gasteiger partial charge is 0.337 e. The predicted octanol–water partition coefficient (Wildman–Crippen LogP) is 3.44. The lowest BCUT2D eigenvalue weighted by Gasteiger charge is -2.32. The number of nitrogens with one attached hydrogen (secondary N) is 1. The second-order valence-electron chi connectivity index (χ2n) is 8.00. The number of hydrogen-bond acceptors (Lipinski definition) is 6. The van der Waals surface area contributed by atoms with Crippen LogP contribution >= 0.6 is 11.3 Å². The van der Waals surface area contributed by atoms with Gasteiger partial charge in [-0.25, -0.2) is 9.78 Å². The SMILES string of the molecule is CN1CCN(Cc2cccc(-c3nc(CC(=O)Nc4ccccc4C(=O)O)cs3)c2)CC1. The van der Waals surface area contributed by atoms with E-state index < -0.39 is 5.97 Å². The normalized spacial score (nSPS) is 14.9. The Hall–Kier alpha value is -3.07. The number of carbonyl (C=O) groups is 2. The fourth-order valence-corrected chi connectivity index (χ4v) is 4.54. The van der Waals surface area contributed by atoms with Crippen LogP contribution in [-0.4, -0.2) is 65.0 Å². The van der Waals surface area contributed by atoms with Gasteiger partial charge < -0.3 is 15.3 Å². The monoisotopic (exact) mass is 450 g/mol. The Morgan fingerprint density at radius 3 is 2.66 bits per heavy atom. The summed E-state index contributed by atoms with van der Waals surface area (Å²) in [5.74, 6) is -1.37. The van der Waals surface area contributed by atoms with E-state index in [1.807, 2.05) is 11.4 Å². The number of rotatable bonds is 7. The van der Waals surface area contributed by atoms with E-state index in [2.05, 4.69) is 45.3 Å². The molecule has 1 aromatic heterocycles. The molecule has 0 unspecified atom stereocenters. The first kappa shape index (κ1) is 22.1. The van der Waals surface area contributed by atoms with Gasteiger partial charge in [0, 0.05) is 43.7 Å². The Bertz CT molecular complexity index is 1110. The second kappa shape index (κ2) is 10.0. The molecule has 1 amide bonds. The molecule has 166 valence electrons. The lowest BCUT2D eigenvalue weighted by Crippen LogP contribution is -2.43. The fraction of sp³-hybridized carbons (Fsp3) is 0.292. The number of aromatic nitrogens is 1. The first-order chi connectivity index (χ1) is 15.5. The van der Waals surface area contributed by atoms with Crippen LogP contribution in [0.2, 0.25) is 0 Å². The van der Waals surface area contributed by atoms with Crippen LogP contribution in [0.4, 0.5) is 5.69 Å². The molecule has 2 aromatic carbocycles. The zero-order valence-electron chi connectivity index (χ0n) is 18.0. The number of carboxylic acids is 1. The summed E-state index contributed by atoms with van der Waals surface area (Å²) in [4.78, 5) is 33.2. The Kier molecular flexibility index (Phi) is 6.94. The van der Waals surface area contributed by atoms with Crippen molar-refractivity contribution < 1.29 is 14.7 Å². The number of thiazole rings is 1. The summed E-state index contributed by atoms with van der Waals surface area (Å²) in [6, 6.07) is 14.8. The molecule has 0 atom stereocenters. The van der Waals surface area contributed by atoms with E-state index in [4.69, 9.17) is 0 Å². The predicted molar refractivity (Wildman–Crippen MR) is 126 cm³/mol. The molecule has 0 radical (unpaired) electrons. The number of piperazine rings is 1. The second-order valence-corrected chi connectivity index (χ2v) is 8.86. The van der Waals surface area contributed by atoms with Crippen molar-refractivity contribution in [2.45, 2.75) is 13.0 Å². The highest BCUT2D eigenvalue weighted by Crippen LogP contribution is 2.26. The number of carbonyl (C=O) groups excluding carboxylic acids is 1. The lowest BCUT2D eigenvalue weighted by atomic mass is 10.1. The van der Waals surface area contributed by atoms with E-state index in [0.29, 0.717) is 5.69 Å². The summed E-state index contributed by atoms with van der Waals surface area (Å²) in [5.41, 5.74) is 3.32. The maximum Gasteiger partial charge on any atom is 0.337 e. The number of likely N-dealkylation sites (N-methyl/N-ethyl adjacent to an activating group) is 1. The lowest BCUT2D eigenvalue weighted by molar-refractivity contribution is -0.115. The fourth-order valence-electron chi connectivity index (χ4n) is 3.73. The molecule has 3 aromatic rings. The largest absolute Gasteiger partial charge is 0.478 e. The molecule has 0 aliphatic carbocycles. The van der Waals surface area contributed by atoms with Crippen LogP contribution in [0.1, 0.15) is 21.6 Å². The van der Waals surface area contributed by atoms with Crippen LogP contribution in [0.15, 0.2) is 53.9 Å². The molecule has 1 saturated heterocycles. The Balaban J connectivity index is 1.39. The quantitative estimate of drug-likeness (QED) is 0.574. The van der Waals surface area contributed by atoms with Gasteiger partial charge in [0.05, 0.1) is 23.4 Å². The average molecular weight is 451 g/mol. The third kappa shape index (κ3) is 5.59. The van der Waals surface area contributed by atoms with E-state index in [1.54, 1.807) is 18.2 Å². The van der Waals surface area contributed by atoms with Crippen molar-refractivity contribution in [3.63, 3.8) is 0 Å². The van der Waals surface area contributed by atoms with Crippen molar-refractivity contribution in [1.82, 2.24) is 14.8 Å². The molecule has 8 heteroatoms. The van der Waals surface area contributed by atoms with Gasteiger partial charge in [-0.15, -0.1) is 11.3 Å². The molecular formula is C24H26N4O3S. The van der Waals surface area contributed by atoms with E-state index in [9.17, 15) is 14.7 Å². The zero-order valence-corrected chi connectivity index (χ0v) is 18.8. The summed E-state index contributed by atoms with van der Waals surface area (Å²) in [6.45, 7) is 5.25. The molecular weight excluding hydrogens is 424 g/mol. The zero-order chi connectivity index (χ0) is 22.5. The summed E-state index contributed by atoms with van der Waals surface area (Å²) < 4.78 is 0. The third-order valence-corrected chi connectivity index (χ3v) is 6.44. The first-order valence-corrected chi connectivity index (χ1v) is 11.4. The summed E-state index contributed by atoms with van der Waals surface area (Å²) in [7, 11) is 2.16. The molecule has 1 aliphatic heterocycles. The van der Waals surface area contributed by atoms with Gasteiger partial charge in [0.15, 0.2) is 0 Å². The molecule has 7 nitrogen and oxygen atoms in total. The summed E-state index contributed by atoms with van der Waals surface area (Å²) in [5, 5.41) is 14.7. The van der Waals surface area contributed by atoms with Gasteiger partial charge in [-0.3, -0.25) is 9.69 Å². The molecule has 1 aliphatic rings. The van der Waals surface area contributed by atoms with Gasteiger partial charge in [-0.2, -0.15) is 0 Å². The van der Waals surface area contributed by atoms with Crippen molar-refractivity contribution >= 4 is 28.9 Å². The Labute approximate surface area is 191 Å². The Morgan fingerprint density at radius 1 is 1.09 bits per heavy atom. The molecule has 32 heavy (non-hydrogen) atoms. The van der Waals surface area contributed by atoms with Crippen LogP contribution in [0.3, 0.4) is 0 Å². The van der Waals surface area contributed by atoms with Gasteiger partial charge in [-0.05, 0) is 30.8 Å². The number of para-hydroxylation sites is 1. The number of hydrogen-bond donors (Lipinski definition) is 2. The molecule has 1 fully saturated rings. The maximum absolute atomic E-state index is 12.5. The molecule has 0 spiro atoms. The highest BCUT2D eigenvalue weighted by Gasteiger charge is 2.16. The molecule has 2 N–H and O–H groups in total. The third-order valence-electron chi connectivity index (χ3n) is 5.50. The first-order valence-electron chi connectivity index (χ1n) is 10.5. The van der Waals surface area contributed by atoms with Crippen LogP contribution in [-0.2, 0) is 17.8 Å². The van der Waals surface area contributed by atoms with Crippen LogP contribution < -0.4 is 5.32 Å².